The van der Waals surface area contributed by atoms with E-state index < -0.39 is 11.6 Å². The summed E-state index contributed by atoms with van der Waals surface area (Å²) in [7, 11) is 1.33. The molecule has 0 bridgehead atoms. The molecule has 0 N–H and O–H groups in total. The summed E-state index contributed by atoms with van der Waals surface area (Å²) in [5.74, 6) is 1.25. The summed E-state index contributed by atoms with van der Waals surface area (Å²) >= 11 is 0. The fraction of sp³-hybridized carbons (Fsp3) is 0.0769. The zero-order valence-corrected chi connectivity index (χ0v) is 17.4. The average molecular weight is 440 g/mol. The van der Waals surface area contributed by atoms with Gasteiger partial charge in [-0.25, -0.2) is 9.59 Å². The van der Waals surface area contributed by atoms with E-state index in [0.29, 0.717) is 61.5 Å². The van der Waals surface area contributed by atoms with Gasteiger partial charge in [0, 0.05) is 11.1 Å². The van der Waals surface area contributed by atoms with Gasteiger partial charge in [0.2, 0.25) is 6.79 Å². The van der Waals surface area contributed by atoms with Crippen molar-refractivity contribution < 1.29 is 27.8 Å². The first-order valence-electron chi connectivity index (χ1n) is 10.2. The molecule has 7 heteroatoms. The summed E-state index contributed by atoms with van der Waals surface area (Å²) in [6, 6.07) is 19.5. The molecule has 0 aliphatic carbocycles. The van der Waals surface area contributed by atoms with Gasteiger partial charge >= 0.3 is 11.6 Å². The SMILES string of the molecule is COC(=O)c1ccc(-c2oc3c(c2-c2ccc4c(c2)OCO4)c(=O)oc2ccccc23)cc1. The second-order valence-corrected chi connectivity index (χ2v) is 7.53. The van der Waals surface area contributed by atoms with Gasteiger partial charge in [0.25, 0.3) is 0 Å². The summed E-state index contributed by atoms with van der Waals surface area (Å²) in [4.78, 5) is 25.0. The Morgan fingerprint density at radius 3 is 2.45 bits per heavy atom. The van der Waals surface area contributed by atoms with Crippen LogP contribution in [-0.4, -0.2) is 19.9 Å². The maximum Gasteiger partial charge on any atom is 0.348 e. The molecule has 3 heterocycles. The Kier molecular flexibility index (Phi) is 4.23. The van der Waals surface area contributed by atoms with Crippen molar-refractivity contribution in [2.24, 2.45) is 0 Å². The average Bonchev–Trinajstić information content (AvgIpc) is 3.48. The number of carbonyl (C=O) groups is 1. The van der Waals surface area contributed by atoms with Crippen molar-refractivity contribution in [1.29, 1.82) is 0 Å². The molecule has 33 heavy (non-hydrogen) atoms. The van der Waals surface area contributed by atoms with E-state index >= 15 is 0 Å². The van der Waals surface area contributed by atoms with Crippen molar-refractivity contribution in [3.05, 3.63) is 82.7 Å². The lowest BCUT2D eigenvalue weighted by Crippen LogP contribution is -2.00. The number of hydrogen-bond donors (Lipinski definition) is 0. The second kappa shape index (κ2) is 7.27. The van der Waals surface area contributed by atoms with Crippen molar-refractivity contribution in [2.75, 3.05) is 13.9 Å². The van der Waals surface area contributed by atoms with Crippen molar-refractivity contribution in [1.82, 2.24) is 0 Å². The van der Waals surface area contributed by atoms with Crippen molar-refractivity contribution in [2.45, 2.75) is 0 Å². The van der Waals surface area contributed by atoms with Gasteiger partial charge < -0.3 is 23.0 Å². The molecule has 3 aromatic carbocycles. The molecule has 162 valence electrons. The molecule has 2 aromatic heterocycles. The van der Waals surface area contributed by atoms with E-state index in [4.69, 9.17) is 23.0 Å². The van der Waals surface area contributed by atoms with Gasteiger partial charge in [-0.1, -0.05) is 30.3 Å². The van der Waals surface area contributed by atoms with Gasteiger partial charge in [0.05, 0.1) is 18.1 Å². The molecule has 0 radical (unpaired) electrons. The van der Waals surface area contributed by atoms with Crippen LogP contribution in [0.1, 0.15) is 10.4 Å². The summed E-state index contributed by atoms with van der Waals surface area (Å²) < 4.78 is 27.7. The number of ether oxygens (including phenoxy) is 3. The first-order valence-corrected chi connectivity index (χ1v) is 10.2. The maximum atomic E-state index is 13.1. The van der Waals surface area contributed by atoms with E-state index in [1.54, 1.807) is 42.5 Å². The first-order chi connectivity index (χ1) is 16.1. The maximum absolute atomic E-state index is 13.1. The highest BCUT2D eigenvalue weighted by molar-refractivity contribution is 6.10. The molecule has 1 aliphatic rings. The van der Waals surface area contributed by atoms with Gasteiger partial charge in [-0.3, -0.25) is 0 Å². The van der Waals surface area contributed by atoms with Crippen LogP contribution in [0.25, 0.3) is 44.4 Å². The molecule has 7 nitrogen and oxygen atoms in total. The Morgan fingerprint density at radius 1 is 0.879 bits per heavy atom. The van der Waals surface area contributed by atoms with Crippen LogP contribution in [0.5, 0.6) is 11.5 Å². The number of para-hydroxylation sites is 1. The van der Waals surface area contributed by atoms with E-state index in [1.165, 1.54) is 7.11 Å². The van der Waals surface area contributed by atoms with Gasteiger partial charge in [0.1, 0.15) is 16.7 Å². The second-order valence-electron chi connectivity index (χ2n) is 7.53. The Bertz CT molecular complexity index is 1610. The predicted octanol–water partition coefficient (Wildman–Crippen LogP) is 5.39. The van der Waals surface area contributed by atoms with E-state index in [1.807, 2.05) is 24.3 Å². The third-order valence-corrected chi connectivity index (χ3v) is 5.68. The normalized spacial score (nSPS) is 12.4. The molecule has 0 unspecified atom stereocenters. The number of hydrogen-bond acceptors (Lipinski definition) is 7. The molecule has 6 rings (SSSR count). The van der Waals surface area contributed by atoms with Crippen LogP contribution < -0.4 is 15.1 Å². The number of fused-ring (bicyclic) bond motifs is 4. The number of carbonyl (C=O) groups excluding carboxylic acids is 1. The molecular formula is C26H16O7. The molecule has 0 saturated carbocycles. The molecule has 0 amide bonds. The molecule has 0 saturated heterocycles. The van der Waals surface area contributed by atoms with Crippen molar-refractivity contribution >= 4 is 27.9 Å². The summed E-state index contributed by atoms with van der Waals surface area (Å²) in [5, 5.41) is 1.02. The molecule has 5 aromatic rings. The van der Waals surface area contributed by atoms with Crippen molar-refractivity contribution in [3.8, 4) is 33.9 Å². The fourth-order valence-electron chi connectivity index (χ4n) is 4.12. The number of methoxy groups -OCH3 is 1. The van der Waals surface area contributed by atoms with Gasteiger partial charge in [-0.15, -0.1) is 0 Å². The summed E-state index contributed by atoms with van der Waals surface area (Å²) in [6.07, 6.45) is 0. The molecule has 0 atom stereocenters. The Balaban J connectivity index is 1.67. The summed E-state index contributed by atoms with van der Waals surface area (Å²) in [6.45, 7) is 0.138. The minimum Gasteiger partial charge on any atom is -0.465 e. The third-order valence-electron chi connectivity index (χ3n) is 5.68. The van der Waals surface area contributed by atoms with E-state index in [-0.39, 0.29) is 6.79 Å². The lowest BCUT2D eigenvalue weighted by Gasteiger charge is -2.06. The molecule has 0 fully saturated rings. The van der Waals surface area contributed by atoms with Gasteiger partial charge in [0.15, 0.2) is 17.1 Å². The van der Waals surface area contributed by atoms with Crippen LogP contribution in [0, 0.1) is 0 Å². The fourth-order valence-corrected chi connectivity index (χ4v) is 4.12. The Hall–Kier alpha value is -4.52. The zero-order valence-electron chi connectivity index (χ0n) is 17.4. The van der Waals surface area contributed by atoms with Crippen LogP contribution in [0.3, 0.4) is 0 Å². The number of esters is 1. The highest BCUT2D eigenvalue weighted by Gasteiger charge is 2.25. The monoisotopic (exact) mass is 440 g/mol. The quantitative estimate of drug-likeness (QED) is 0.275. The van der Waals surface area contributed by atoms with E-state index in [0.717, 1.165) is 0 Å². The van der Waals surface area contributed by atoms with Crippen LogP contribution in [-0.2, 0) is 4.74 Å². The highest BCUT2D eigenvalue weighted by Crippen LogP contribution is 2.44. The first kappa shape index (κ1) is 19.2. The largest absolute Gasteiger partial charge is 0.465 e. The third kappa shape index (κ3) is 2.97. The molecule has 0 spiro atoms. The topological polar surface area (TPSA) is 88.1 Å². The van der Waals surface area contributed by atoms with Gasteiger partial charge in [-0.2, -0.15) is 0 Å². The Morgan fingerprint density at radius 2 is 1.64 bits per heavy atom. The molecular weight excluding hydrogens is 424 g/mol. The van der Waals surface area contributed by atoms with Gasteiger partial charge in [-0.05, 0) is 42.0 Å². The van der Waals surface area contributed by atoms with E-state index in [2.05, 4.69) is 0 Å². The minimum absolute atomic E-state index is 0.138. The van der Waals surface area contributed by atoms with Crippen LogP contribution in [0.15, 0.2) is 80.4 Å². The lowest BCUT2D eigenvalue weighted by molar-refractivity contribution is 0.0600. The van der Waals surface area contributed by atoms with E-state index in [9.17, 15) is 9.59 Å². The zero-order chi connectivity index (χ0) is 22.5. The summed E-state index contributed by atoms with van der Waals surface area (Å²) in [5.41, 5.74) is 2.76. The standard InChI is InChI=1S/C26H16O7/c1-29-25(27)15-8-6-14(7-9-15)23-21(16-10-11-19-20(12-16)31-13-30-19)22-24(33-23)17-4-2-3-5-18(17)32-26(22)28/h2-12H,13H2,1H3. The lowest BCUT2D eigenvalue weighted by atomic mass is 9.98. The number of benzene rings is 3. The van der Waals surface area contributed by atoms with Crippen molar-refractivity contribution in [3.63, 3.8) is 0 Å². The molecule has 1 aliphatic heterocycles. The van der Waals surface area contributed by atoms with Crippen LogP contribution in [0.2, 0.25) is 0 Å². The van der Waals surface area contributed by atoms with Crippen LogP contribution in [0.4, 0.5) is 0 Å². The number of rotatable bonds is 3. The number of furan rings is 1. The van der Waals surface area contributed by atoms with Crippen LogP contribution >= 0.6 is 0 Å². The minimum atomic E-state index is -0.502. The smallest absolute Gasteiger partial charge is 0.348 e. The Labute approximate surface area is 186 Å². The highest BCUT2D eigenvalue weighted by atomic mass is 16.7. The predicted molar refractivity (Wildman–Crippen MR) is 121 cm³/mol.